The second-order valence-corrected chi connectivity index (χ2v) is 3.53. The minimum Gasteiger partial charge on any atom is -0.477 e. The molecule has 0 saturated heterocycles. The van der Waals surface area contributed by atoms with Crippen molar-refractivity contribution in [2.24, 2.45) is 7.05 Å². The molecule has 88 valence electrons. The van der Waals surface area contributed by atoms with Crippen LogP contribution in [0.25, 0.3) is 0 Å². The van der Waals surface area contributed by atoms with Crippen molar-refractivity contribution in [3.8, 4) is 5.88 Å². The maximum atomic E-state index is 12.6. The summed E-state index contributed by atoms with van der Waals surface area (Å²) in [7, 11) is 1.33. The Kier molecular flexibility index (Phi) is 2.40. The summed E-state index contributed by atoms with van der Waals surface area (Å²) in [6.45, 7) is 0.232. The van der Waals surface area contributed by atoms with Crippen molar-refractivity contribution in [3.05, 3.63) is 11.3 Å². The lowest BCUT2D eigenvalue weighted by Gasteiger charge is -2.04. The lowest BCUT2D eigenvalue weighted by atomic mass is 10.1. The zero-order valence-electron chi connectivity index (χ0n) is 8.47. The molecule has 1 aromatic heterocycles. The van der Waals surface area contributed by atoms with Crippen LogP contribution < -0.4 is 4.74 Å². The van der Waals surface area contributed by atoms with E-state index in [0.29, 0.717) is 6.42 Å². The molecule has 0 aromatic carbocycles. The van der Waals surface area contributed by atoms with Gasteiger partial charge in [-0.3, -0.25) is 4.79 Å². The molecule has 0 saturated carbocycles. The SMILES string of the molecule is Cn1nc(C(F)(F)F)c2c1OCCCC2=O. The summed E-state index contributed by atoms with van der Waals surface area (Å²) >= 11 is 0. The highest BCUT2D eigenvalue weighted by molar-refractivity contribution is 5.99. The van der Waals surface area contributed by atoms with Gasteiger partial charge in [-0.15, -0.1) is 0 Å². The second-order valence-electron chi connectivity index (χ2n) is 3.53. The number of aryl methyl sites for hydroxylation is 1. The van der Waals surface area contributed by atoms with Crippen molar-refractivity contribution in [1.82, 2.24) is 9.78 Å². The molecule has 0 radical (unpaired) electrons. The highest BCUT2D eigenvalue weighted by Crippen LogP contribution is 2.37. The Morgan fingerprint density at radius 3 is 2.75 bits per heavy atom. The van der Waals surface area contributed by atoms with Crippen LogP contribution in [0.5, 0.6) is 5.88 Å². The molecule has 4 nitrogen and oxygen atoms in total. The molecule has 16 heavy (non-hydrogen) atoms. The van der Waals surface area contributed by atoms with Crippen LogP contribution in [0.15, 0.2) is 0 Å². The predicted octanol–water partition coefficient (Wildman–Crippen LogP) is 1.79. The molecule has 1 aliphatic heterocycles. The van der Waals surface area contributed by atoms with Crippen LogP contribution in [0.4, 0.5) is 13.2 Å². The second kappa shape index (κ2) is 3.50. The van der Waals surface area contributed by atoms with E-state index in [1.807, 2.05) is 0 Å². The molecular weight excluding hydrogens is 225 g/mol. The molecular formula is C9H9F3N2O2. The average molecular weight is 234 g/mol. The number of rotatable bonds is 0. The van der Waals surface area contributed by atoms with Crippen LogP contribution in [0, 0.1) is 0 Å². The Morgan fingerprint density at radius 1 is 1.44 bits per heavy atom. The van der Waals surface area contributed by atoms with Gasteiger partial charge >= 0.3 is 6.18 Å². The van der Waals surface area contributed by atoms with Crippen LogP contribution in [0.2, 0.25) is 0 Å². The molecule has 0 amide bonds. The molecule has 2 rings (SSSR count). The number of ether oxygens (including phenoxy) is 1. The monoisotopic (exact) mass is 234 g/mol. The highest BCUT2D eigenvalue weighted by Gasteiger charge is 2.42. The van der Waals surface area contributed by atoms with Gasteiger partial charge in [-0.2, -0.15) is 18.3 Å². The van der Waals surface area contributed by atoms with E-state index in [0.717, 1.165) is 4.68 Å². The maximum absolute atomic E-state index is 12.6. The van der Waals surface area contributed by atoms with Crippen molar-refractivity contribution in [1.29, 1.82) is 0 Å². The largest absolute Gasteiger partial charge is 0.477 e. The smallest absolute Gasteiger partial charge is 0.436 e. The van der Waals surface area contributed by atoms with Gasteiger partial charge in [-0.1, -0.05) is 0 Å². The first-order valence-electron chi connectivity index (χ1n) is 4.71. The number of carbonyl (C=O) groups excluding carboxylic acids is 1. The zero-order chi connectivity index (χ0) is 11.9. The molecule has 0 aliphatic carbocycles. The number of carbonyl (C=O) groups is 1. The van der Waals surface area contributed by atoms with Gasteiger partial charge in [0.1, 0.15) is 5.56 Å². The van der Waals surface area contributed by atoms with Crippen molar-refractivity contribution in [2.45, 2.75) is 19.0 Å². The summed E-state index contributed by atoms with van der Waals surface area (Å²) in [5.74, 6) is -0.650. The molecule has 2 heterocycles. The van der Waals surface area contributed by atoms with E-state index >= 15 is 0 Å². The number of nitrogens with zero attached hydrogens (tertiary/aromatic N) is 2. The van der Waals surface area contributed by atoms with E-state index in [-0.39, 0.29) is 18.9 Å². The normalized spacial score (nSPS) is 16.6. The number of fused-ring (bicyclic) bond motifs is 1. The number of ketones is 1. The number of hydrogen-bond acceptors (Lipinski definition) is 3. The Balaban J connectivity index is 2.61. The third-order valence-corrected chi connectivity index (χ3v) is 2.33. The standard InChI is InChI=1S/C9H9F3N2O2/c1-14-8-6(5(15)3-2-4-16-8)7(13-14)9(10,11)12/h2-4H2,1H3. The van der Waals surface area contributed by atoms with Crippen molar-refractivity contribution >= 4 is 5.78 Å². The minimum atomic E-state index is -4.63. The number of aromatic nitrogens is 2. The molecule has 7 heteroatoms. The molecule has 0 fully saturated rings. The number of hydrogen-bond donors (Lipinski definition) is 0. The Labute approximate surface area is 89.0 Å². The average Bonchev–Trinajstić information content (AvgIpc) is 2.37. The topological polar surface area (TPSA) is 44.1 Å². The van der Waals surface area contributed by atoms with Gasteiger partial charge in [0.25, 0.3) is 0 Å². The van der Waals surface area contributed by atoms with Crippen LogP contribution in [0.3, 0.4) is 0 Å². The van der Waals surface area contributed by atoms with Crippen molar-refractivity contribution < 1.29 is 22.7 Å². The summed E-state index contributed by atoms with van der Waals surface area (Å²) in [5, 5.41) is 3.30. The summed E-state index contributed by atoms with van der Waals surface area (Å²) in [4.78, 5) is 11.6. The van der Waals surface area contributed by atoms with Crippen LogP contribution in [-0.4, -0.2) is 22.2 Å². The van der Waals surface area contributed by atoms with Crippen molar-refractivity contribution in [3.63, 3.8) is 0 Å². The van der Waals surface area contributed by atoms with Gasteiger partial charge in [0.2, 0.25) is 5.88 Å². The molecule has 0 unspecified atom stereocenters. The van der Waals surface area contributed by atoms with E-state index in [1.54, 1.807) is 0 Å². The molecule has 1 aliphatic rings. The fourth-order valence-corrected chi connectivity index (χ4v) is 1.65. The summed E-state index contributed by atoms with van der Waals surface area (Å²) in [6, 6.07) is 0. The zero-order valence-corrected chi connectivity index (χ0v) is 8.47. The van der Waals surface area contributed by atoms with E-state index in [4.69, 9.17) is 4.74 Å². The van der Waals surface area contributed by atoms with Gasteiger partial charge in [-0.25, -0.2) is 4.68 Å². The van der Waals surface area contributed by atoms with E-state index < -0.39 is 23.2 Å². The van der Waals surface area contributed by atoms with Crippen molar-refractivity contribution in [2.75, 3.05) is 6.61 Å². The molecule has 0 atom stereocenters. The lowest BCUT2D eigenvalue weighted by molar-refractivity contribution is -0.141. The Bertz CT molecular complexity index is 437. The Morgan fingerprint density at radius 2 is 2.12 bits per heavy atom. The van der Waals surface area contributed by atoms with Crippen LogP contribution in [0.1, 0.15) is 28.9 Å². The predicted molar refractivity (Wildman–Crippen MR) is 47.3 cm³/mol. The molecule has 1 aromatic rings. The van der Waals surface area contributed by atoms with E-state index in [2.05, 4.69) is 5.10 Å². The Hall–Kier alpha value is -1.53. The molecule has 0 N–H and O–H groups in total. The van der Waals surface area contributed by atoms with E-state index in [9.17, 15) is 18.0 Å². The summed E-state index contributed by atoms with van der Waals surface area (Å²) in [6.07, 6.45) is -4.15. The lowest BCUT2D eigenvalue weighted by Crippen LogP contribution is -2.12. The first kappa shape index (κ1) is 11.0. The number of Topliss-reactive ketones (excluding diaryl/α,β-unsaturated/α-hetero) is 1. The molecule has 0 bridgehead atoms. The maximum Gasteiger partial charge on any atom is 0.436 e. The first-order chi connectivity index (χ1) is 7.41. The molecule has 0 spiro atoms. The third-order valence-electron chi connectivity index (χ3n) is 2.33. The van der Waals surface area contributed by atoms with Gasteiger partial charge in [0.15, 0.2) is 11.5 Å². The summed E-state index contributed by atoms with van der Waals surface area (Å²) in [5.41, 5.74) is -1.59. The van der Waals surface area contributed by atoms with Gasteiger partial charge in [0.05, 0.1) is 6.61 Å². The van der Waals surface area contributed by atoms with Gasteiger partial charge in [-0.05, 0) is 6.42 Å². The highest BCUT2D eigenvalue weighted by atomic mass is 19.4. The van der Waals surface area contributed by atoms with Gasteiger partial charge in [0, 0.05) is 13.5 Å². The van der Waals surface area contributed by atoms with Gasteiger partial charge < -0.3 is 4.74 Å². The quantitative estimate of drug-likeness (QED) is 0.687. The minimum absolute atomic E-state index is 0.0573. The third kappa shape index (κ3) is 1.66. The number of alkyl halides is 3. The summed E-state index contributed by atoms with van der Waals surface area (Å²) < 4.78 is 43.9. The first-order valence-corrected chi connectivity index (χ1v) is 4.71. The van der Waals surface area contributed by atoms with E-state index in [1.165, 1.54) is 7.05 Å². The fourth-order valence-electron chi connectivity index (χ4n) is 1.65. The fraction of sp³-hybridized carbons (Fsp3) is 0.556. The van der Waals surface area contributed by atoms with Crippen LogP contribution in [-0.2, 0) is 13.2 Å². The number of halogens is 3. The van der Waals surface area contributed by atoms with Crippen LogP contribution >= 0.6 is 0 Å².